The normalized spacial score (nSPS) is 22.9. The molecule has 1 aliphatic rings. The van der Waals surface area contributed by atoms with Gasteiger partial charge in [-0.15, -0.1) is 0 Å². The lowest BCUT2D eigenvalue weighted by atomic mass is 10.1. The molecule has 1 aliphatic heterocycles. The topological polar surface area (TPSA) is 12.5 Å². The zero-order chi connectivity index (χ0) is 10.2. The largest absolute Gasteiger partial charge is 0.377 e. The molecular formula is C11H23NOS. The van der Waals surface area contributed by atoms with E-state index in [0.29, 0.717) is 6.10 Å². The van der Waals surface area contributed by atoms with E-state index in [1.54, 1.807) is 0 Å². The quantitative estimate of drug-likeness (QED) is 0.541. The number of ether oxygens (including phenoxy) is 1. The number of hydrogen-bond donors (Lipinski definition) is 1. The van der Waals surface area contributed by atoms with E-state index in [0.717, 1.165) is 18.9 Å². The van der Waals surface area contributed by atoms with Gasteiger partial charge in [0.15, 0.2) is 0 Å². The Bertz CT molecular complexity index is 137. The molecule has 1 fully saturated rings. The summed E-state index contributed by atoms with van der Waals surface area (Å²) < 4.78 is 5.70. The summed E-state index contributed by atoms with van der Waals surface area (Å²) in [4.78, 5) is 2.39. The molecule has 0 radical (unpaired) electrons. The van der Waals surface area contributed by atoms with Crippen LogP contribution in [-0.2, 0) is 4.74 Å². The minimum absolute atomic E-state index is 0.491. The maximum atomic E-state index is 5.70. The minimum Gasteiger partial charge on any atom is -0.377 e. The summed E-state index contributed by atoms with van der Waals surface area (Å²) in [6, 6.07) is 0. The number of thiol groups is 1. The van der Waals surface area contributed by atoms with Crippen molar-refractivity contribution in [3.05, 3.63) is 0 Å². The van der Waals surface area contributed by atoms with Gasteiger partial charge in [0.25, 0.3) is 0 Å². The molecule has 14 heavy (non-hydrogen) atoms. The van der Waals surface area contributed by atoms with Crippen molar-refractivity contribution in [2.45, 2.75) is 38.2 Å². The zero-order valence-electron chi connectivity index (χ0n) is 9.24. The highest BCUT2D eigenvalue weighted by atomic mass is 32.1. The molecule has 1 unspecified atom stereocenters. The molecule has 84 valence electrons. The van der Waals surface area contributed by atoms with Crippen LogP contribution in [0.3, 0.4) is 0 Å². The lowest BCUT2D eigenvalue weighted by molar-refractivity contribution is -0.00154. The predicted octanol–water partition coefficient (Wildman–Crippen LogP) is 2.20. The number of unbranched alkanes of at least 4 members (excludes halogenated alkanes) is 1. The number of rotatable bonds is 6. The molecule has 1 atom stereocenters. The Morgan fingerprint density at radius 3 is 2.86 bits per heavy atom. The van der Waals surface area contributed by atoms with E-state index in [2.05, 4.69) is 24.6 Å². The van der Waals surface area contributed by atoms with Gasteiger partial charge in [-0.3, -0.25) is 0 Å². The summed E-state index contributed by atoms with van der Waals surface area (Å²) in [5.41, 5.74) is 0. The molecule has 1 heterocycles. The van der Waals surface area contributed by atoms with Gasteiger partial charge in [0.1, 0.15) is 0 Å². The van der Waals surface area contributed by atoms with Crippen molar-refractivity contribution in [1.29, 1.82) is 0 Å². The van der Waals surface area contributed by atoms with Crippen LogP contribution in [-0.4, -0.2) is 43.5 Å². The first-order valence-corrected chi connectivity index (χ1v) is 6.37. The lowest BCUT2D eigenvalue weighted by Gasteiger charge is -2.27. The SMILES string of the molecule is CN(CCCCS)CC1CCCCO1. The third-order valence-electron chi connectivity index (χ3n) is 2.74. The van der Waals surface area contributed by atoms with E-state index >= 15 is 0 Å². The van der Waals surface area contributed by atoms with Crippen molar-refractivity contribution in [3.8, 4) is 0 Å². The molecular weight excluding hydrogens is 194 g/mol. The average Bonchev–Trinajstić information content (AvgIpc) is 2.20. The highest BCUT2D eigenvalue weighted by Crippen LogP contribution is 2.13. The Hall–Kier alpha value is 0.270. The van der Waals surface area contributed by atoms with Crippen molar-refractivity contribution in [1.82, 2.24) is 4.90 Å². The van der Waals surface area contributed by atoms with Crippen LogP contribution in [0.15, 0.2) is 0 Å². The summed E-state index contributed by atoms with van der Waals surface area (Å²) in [5, 5.41) is 0. The van der Waals surface area contributed by atoms with Crippen LogP contribution >= 0.6 is 12.6 Å². The third kappa shape index (κ3) is 5.23. The monoisotopic (exact) mass is 217 g/mol. The predicted molar refractivity (Wildman–Crippen MR) is 64.2 cm³/mol. The fraction of sp³-hybridized carbons (Fsp3) is 1.00. The van der Waals surface area contributed by atoms with E-state index in [4.69, 9.17) is 4.74 Å². The molecule has 0 bridgehead atoms. The summed E-state index contributed by atoms with van der Waals surface area (Å²) in [7, 11) is 2.19. The van der Waals surface area contributed by atoms with E-state index < -0.39 is 0 Å². The summed E-state index contributed by atoms with van der Waals surface area (Å²) in [5.74, 6) is 1.01. The number of likely N-dealkylation sites (N-methyl/N-ethyl adjacent to an activating group) is 1. The van der Waals surface area contributed by atoms with Crippen LogP contribution in [0.5, 0.6) is 0 Å². The van der Waals surface area contributed by atoms with Crippen LogP contribution in [0.1, 0.15) is 32.1 Å². The van der Waals surface area contributed by atoms with Gasteiger partial charge in [-0.05, 0) is 51.4 Å². The molecule has 0 aromatic rings. The van der Waals surface area contributed by atoms with Crippen molar-refractivity contribution in [3.63, 3.8) is 0 Å². The van der Waals surface area contributed by atoms with Crippen molar-refractivity contribution in [2.24, 2.45) is 0 Å². The van der Waals surface area contributed by atoms with Gasteiger partial charge in [-0.25, -0.2) is 0 Å². The second kappa shape index (κ2) is 7.55. The lowest BCUT2D eigenvalue weighted by Crippen LogP contribution is -2.33. The summed E-state index contributed by atoms with van der Waals surface area (Å²) in [6.07, 6.45) is 6.81. The second-order valence-corrected chi connectivity index (χ2v) is 4.63. The van der Waals surface area contributed by atoms with Gasteiger partial charge in [0.2, 0.25) is 0 Å². The van der Waals surface area contributed by atoms with Crippen LogP contribution in [0.2, 0.25) is 0 Å². The van der Waals surface area contributed by atoms with E-state index in [-0.39, 0.29) is 0 Å². The third-order valence-corrected chi connectivity index (χ3v) is 3.05. The van der Waals surface area contributed by atoms with Gasteiger partial charge in [-0.2, -0.15) is 12.6 Å². The maximum absolute atomic E-state index is 5.70. The molecule has 0 saturated carbocycles. The van der Waals surface area contributed by atoms with Gasteiger partial charge in [-0.1, -0.05) is 0 Å². The molecule has 1 saturated heterocycles. The van der Waals surface area contributed by atoms with Crippen LogP contribution < -0.4 is 0 Å². The van der Waals surface area contributed by atoms with E-state index in [9.17, 15) is 0 Å². The van der Waals surface area contributed by atoms with Gasteiger partial charge in [0, 0.05) is 13.2 Å². The summed E-state index contributed by atoms with van der Waals surface area (Å²) >= 11 is 4.21. The fourth-order valence-corrected chi connectivity index (χ4v) is 2.11. The maximum Gasteiger partial charge on any atom is 0.0701 e. The molecule has 2 nitrogen and oxygen atoms in total. The molecule has 0 aromatic carbocycles. The molecule has 0 amide bonds. The van der Waals surface area contributed by atoms with Gasteiger partial charge < -0.3 is 9.64 Å². The highest BCUT2D eigenvalue weighted by Gasteiger charge is 2.15. The Kier molecular flexibility index (Phi) is 6.65. The van der Waals surface area contributed by atoms with Crippen molar-refractivity contribution >= 4 is 12.6 Å². The first kappa shape index (κ1) is 12.3. The molecule has 1 rings (SSSR count). The molecule has 0 aromatic heterocycles. The Morgan fingerprint density at radius 1 is 1.36 bits per heavy atom. The van der Waals surface area contributed by atoms with Crippen LogP contribution in [0, 0.1) is 0 Å². The number of nitrogens with zero attached hydrogens (tertiary/aromatic N) is 1. The molecule has 0 N–H and O–H groups in total. The van der Waals surface area contributed by atoms with Crippen LogP contribution in [0.4, 0.5) is 0 Å². The van der Waals surface area contributed by atoms with Crippen molar-refractivity contribution < 1.29 is 4.74 Å². The standard InChI is InChI=1S/C11H23NOS/c1-12(7-3-5-9-14)10-11-6-2-4-8-13-11/h11,14H,2-10H2,1H3. The molecule has 0 aliphatic carbocycles. The second-order valence-electron chi connectivity index (χ2n) is 4.18. The van der Waals surface area contributed by atoms with Gasteiger partial charge in [0.05, 0.1) is 6.10 Å². The van der Waals surface area contributed by atoms with E-state index in [1.807, 2.05) is 0 Å². The Morgan fingerprint density at radius 2 is 2.21 bits per heavy atom. The van der Waals surface area contributed by atoms with E-state index in [1.165, 1.54) is 38.6 Å². The highest BCUT2D eigenvalue weighted by molar-refractivity contribution is 7.80. The fourth-order valence-electron chi connectivity index (χ4n) is 1.88. The smallest absolute Gasteiger partial charge is 0.0701 e. The average molecular weight is 217 g/mol. The molecule has 3 heteroatoms. The summed E-state index contributed by atoms with van der Waals surface area (Å²) in [6.45, 7) is 3.25. The van der Waals surface area contributed by atoms with Crippen molar-refractivity contribution in [2.75, 3.05) is 32.5 Å². The Balaban J connectivity index is 2.03. The first-order chi connectivity index (χ1) is 6.83. The zero-order valence-corrected chi connectivity index (χ0v) is 10.1. The first-order valence-electron chi connectivity index (χ1n) is 5.74. The molecule has 0 spiro atoms. The van der Waals surface area contributed by atoms with Gasteiger partial charge >= 0.3 is 0 Å². The number of hydrogen-bond acceptors (Lipinski definition) is 3. The van der Waals surface area contributed by atoms with Crippen LogP contribution in [0.25, 0.3) is 0 Å². The minimum atomic E-state index is 0.491. The Labute approximate surface area is 93.4 Å².